The number of carbonyl (C=O) groups is 2. The Morgan fingerprint density at radius 3 is 2.62 bits per heavy atom. The zero-order valence-corrected chi connectivity index (χ0v) is 13.8. The third kappa shape index (κ3) is 3.71. The summed E-state index contributed by atoms with van der Waals surface area (Å²) in [6.07, 6.45) is -0.0360. The van der Waals surface area contributed by atoms with E-state index in [1.165, 1.54) is 0 Å². The first kappa shape index (κ1) is 16.4. The molecule has 1 fully saturated rings. The summed E-state index contributed by atoms with van der Waals surface area (Å²) in [5.74, 6) is -0.811. The molecule has 1 saturated heterocycles. The summed E-state index contributed by atoms with van der Waals surface area (Å²) >= 11 is 0. The first-order valence-corrected chi connectivity index (χ1v) is 7.99. The van der Waals surface area contributed by atoms with Crippen molar-refractivity contribution >= 4 is 22.8 Å². The Morgan fingerprint density at radius 1 is 1.17 bits per heavy atom. The maximum atomic E-state index is 12.2. The molecule has 24 heavy (non-hydrogen) atoms. The number of pyridine rings is 1. The average Bonchev–Trinajstić information content (AvgIpc) is 2.58. The fourth-order valence-corrected chi connectivity index (χ4v) is 2.85. The van der Waals surface area contributed by atoms with E-state index < -0.39 is 5.97 Å². The van der Waals surface area contributed by atoms with Crippen LogP contribution in [0.2, 0.25) is 0 Å². The van der Waals surface area contributed by atoms with Gasteiger partial charge >= 0.3 is 5.97 Å². The van der Waals surface area contributed by atoms with Crippen LogP contribution in [-0.4, -0.2) is 53.7 Å². The number of hydrogen-bond acceptors (Lipinski definition) is 5. The Kier molecular flexibility index (Phi) is 4.76. The molecule has 2 unspecified atom stereocenters. The van der Waals surface area contributed by atoms with Gasteiger partial charge in [0.05, 0.1) is 17.7 Å². The molecule has 1 amide bonds. The number of aromatic nitrogens is 1. The van der Waals surface area contributed by atoms with E-state index in [1.807, 2.05) is 44.2 Å². The number of benzene rings is 1. The Labute approximate surface area is 140 Å². The molecule has 1 aliphatic rings. The van der Waals surface area contributed by atoms with Crippen LogP contribution >= 0.6 is 0 Å². The van der Waals surface area contributed by atoms with Crippen molar-refractivity contribution in [2.24, 2.45) is 0 Å². The van der Waals surface area contributed by atoms with Crippen molar-refractivity contribution in [3.8, 4) is 0 Å². The second kappa shape index (κ2) is 6.97. The van der Waals surface area contributed by atoms with E-state index in [4.69, 9.17) is 9.47 Å². The first-order chi connectivity index (χ1) is 11.5. The third-order valence-corrected chi connectivity index (χ3v) is 3.91. The van der Waals surface area contributed by atoms with Crippen LogP contribution in [0.5, 0.6) is 0 Å². The van der Waals surface area contributed by atoms with Crippen LogP contribution in [0.4, 0.5) is 0 Å². The molecule has 0 aliphatic carbocycles. The largest absolute Gasteiger partial charge is 0.451 e. The Hall–Kier alpha value is -2.47. The van der Waals surface area contributed by atoms with Gasteiger partial charge in [0, 0.05) is 18.5 Å². The molecule has 0 saturated carbocycles. The molecule has 2 heterocycles. The summed E-state index contributed by atoms with van der Waals surface area (Å²) < 4.78 is 10.7. The van der Waals surface area contributed by atoms with E-state index in [0.29, 0.717) is 18.6 Å². The number of ether oxygens (including phenoxy) is 2. The highest BCUT2D eigenvalue weighted by Gasteiger charge is 2.26. The summed E-state index contributed by atoms with van der Waals surface area (Å²) in [7, 11) is 0. The number of amides is 1. The zero-order chi connectivity index (χ0) is 17.1. The fourth-order valence-electron chi connectivity index (χ4n) is 2.85. The predicted molar refractivity (Wildman–Crippen MR) is 88.6 cm³/mol. The summed E-state index contributed by atoms with van der Waals surface area (Å²) in [5.41, 5.74) is 0.916. The molecule has 0 N–H and O–H groups in total. The molecule has 3 rings (SSSR count). The Morgan fingerprint density at radius 2 is 1.88 bits per heavy atom. The van der Waals surface area contributed by atoms with E-state index in [1.54, 1.807) is 11.0 Å². The molecule has 0 bridgehead atoms. The molecule has 2 atom stereocenters. The lowest BCUT2D eigenvalue weighted by Crippen LogP contribution is -2.49. The van der Waals surface area contributed by atoms with Gasteiger partial charge in [0.15, 0.2) is 6.61 Å². The lowest BCUT2D eigenvalue weighted by Gasteiger charge is -2.35. The molecule has 1 aliphatic heterocycles. The quantitative estimate of drug-likeness (QED) is 0.807. The molecule has 1 aromatic carbocycles. The van der Waals surface area contributed by atoms with Crippen molar-refractivity contribution in [2.75, 3.05) is 19.7 Å². The number of carbonyl (C=O) groups excluding carboxylic acids is 2. The summed E-state index contributed by atoms with van der Waals surface area (Å²) in [6.45, 7) is 4.57. The molecule has 0 spiro atoms. The number of hydrogen-bond donors (Lipinski definition) is 0. The van der Waals surface area contributed by atoms with Gasteiger partial charge in [-0.2, -0.15) is 0 Å². The van der Waals surface area contributed by atoms with Crippen molar-refractivity contribution in [1.82, 2.24) is 9.88 Å². The second-order valence-electron chi connectivity index (χ2n) is 6.02. The number of morpholine rings is 1. The van der Waals surface area contributed by atoms with Crippen molar-refractivity contribution in [2.45, 2.75) is 26.1 Å². The molecule has 2 aromatic rings. The highest BCUT2D eigenvalue weighted by Crippen LogP contribution is 2.13. The monoisotopic (exact) mass is 328 g/mol. The number of fused-ring (bicyclic) bond motifs is 1. The molecule has 6 nitrogen and oxygen atoms in total. The molecule has 126 valence electrons. The van der Waals surface area contributed by atoms with Gasteiger partial charge in [0.1, 0.15) is 5.69 Å². The van der Waals surface area contributed by atoms with Crippen molar-refractivity contribution < 1.29 is 19.1 Å². The average molecular weight is 328 g/mol. The van der Waals surface area contributed by atoms with Crippen molar-refractivity contribution in [3.63, 3.8) is 0 Å². The minimum atomic E-state index is -0.594. The summed E-state index contributed by atoms with van der Waals surface area (Å²) in [6, 6.07) is 10.9. The predicted octanol–water partition coefficient (Wildman–Crippen LogP) is 2.03. The molecular weight excluding hydrogens is 308 g/mol. The van der Waals surface area contributed by atoms with Crippen LogP contribution in [-0.2, 0) is 14.3 Å². The van der Waals surface area contributed by atoms with Gasteiger partial charge in [-0.05, 0) is 26.0 Å². The number of rotatable bonds is 3. The number of para-hydroxylation sites is 1. The Bertz CT molecular complexity index is 752. The minimum absolute atomic E-state index is 0.0180. The van der Waals surface area contributed by atoms with Gasteiger partial charge in [-0.1, -0.05) is 24.3 Å². The minimum Gasteiger partial charge on any atom is -0.451 e. The number of nitrogens with zero attached hydrogens (tertiary/aromatic N) is 2. The van der Waals surface area contributed by atoms with Gasteiger partial charge in [-0.3, -0.25) is 4.79 Å². The van der Waals surface area contributed by atoms with Gasteiger partial charge in [-0.15, -0.1) is 0 Å². The molecular formula is C18H20N2O4. The van der Waals surface area contributed by atoms with Crippen molar-refractivity contribution in [3.05, 3.63) is 42.1 Å². The van der Waals surface area contributed by atoms with Gasteiger partial charge in [0.2, 0.25) is 0 Å². The third-order valence-electron chi connectivity index (χ3n) is 3.91. The topological polar surface area (TPSA) is 68.7 Å². The standard InChI is InChI=1S/C18H20N2O4/c1-12-9-20(10-13(2)24-12)17(21)11-23-18(22)16-8-7-14-5-3-4-6-15(14)19-16/h3-8,12-13H,9-11H2,1-2H3. The molecule has 1 aromatic heterocycles. The lowest BCUT2D eigenvalue weighted by molar-refractivity contribution is -0.146. The highest BCUT2D eigenvalue weighted by atomic mass is 16.5. The van der Waals surface area contributed by atoms with Crippen LogP contribution in [0.1, 0.15) is 24.3 Å². The van der Waals surface area contributed by atoms with Gasteiger partial charge in [-0.25, -0.2) is 9.78 Å². The van der Waals surface area contributed by atoms with Crippen molar-refractivity contribution in [1.29, 1.82) is 0 Å². The maximum Gasteiger partial charge on any atom is 0.357 e. The summed E-state index contributed by atoms with van der Waals surface area (Å²) in [4.78, 5) is 30.3. The van der Waals surface area contributed by atoms with Crippen LogP contribution in [0.15, 0.2) is 36.4 Å². The zero-order valence-electron chi connectivity index (χ0n) is 13.8. The van der Waals surface area contributed by atoms with E-state index in [-0.39, 0.29) is 30.4 Å². The van der Waals surface area contributed by atoms with E-state index in [2.05, 4.69) is 4.98 Å². The summed E-state index contributed by atoms with van der Waals surface area (Å²) in [5, 5.41) is 0.946. The lowest BCUT2D eigenvalue weighted by atomic mass is 10.2. The highest BCUT2D eigenvalue weighted by molar-refractivity contribution is 5.92. The normalized spacial score (nSPS) is 20.8. The number of esters is 1. The first-order valence-electron chi connectivity index (χ1n) is 7.99. The fraction of sp³-hybridized carbons (Fsp3) is 0.389. The Balaban J connectivity index is 1.60. The molecule has 6 heteroatoms. The van der Waals surface area contributed by atoms with Gasteiger partial charge < -0.3 is 14.4 Å². The smallest absolute Gasteiger partial charge is 0.357 e. The second-order valence-corrected chi connectivity index (χ2v) is 6.02. The van der Waals surface area contributed by atoms with Crippen LogP contribution in [0.25, 0.3) is 10.9 Å². The van der Waals surface area contributed by atoms with E-state index >= 15 is 0 Å². The van der Waals surface area contributed by atoms with E-state index in [9.17, 15) is 9.59 Å². The maximum absolute atomic E-state index is 12.2. The van der Waals surface area contributed by atoms with Crippen LogP contribution in [0, 0.1) is 0 Å². The van der Waals surface area contributed by atoms with Gasteiger partial charge in [0.25, 0.3) is 5.91 Å². The van der Waals surface area contributed by atoms with Crippen LogP contribution in [0.3, 0.4) is 0 Å². The SMILES string of the molecule is CC1CN(C(=O)COC(=O)c2ccc3ccccc3n2)CC(C)O1. The molecule has 0 radical (unpaired) electrons. The van der Waals surface area contributed by atoms with Crippen LogP contribution < -0.4 is 0 Å². The van der Waals surface area contributed by atoms with E-state index in [0.717, 1.165) is 5.39 Å².